The van der Waals surface area contributed by atoms with E-state index in [-0.39, 0.29) is 24.4 Å². The second-order valence-electron chi connectivity index (χ2n) is 14.3. The van der Waals surface area contributed by atoms with E-state index in [0.717, 1.165) is 106 Å². The van der Waals surface area contributed by atoms with E-state index >= 15 is 0 Å². The maximum absolute atomic E-state index is 13.0. The van der Waals surface area contributed by atoms with Crippen molar-refractivity contribution < 1.29 is 41.7 Å². The molecular weight excluding hydrogens is 699 g/mol. The quantitative estimate of drug-likeness (QED) is 0.123. The molecule has 54 heavy (non-hydrogen) atoms. The first-order valence-electron chi connectivity index (χ1n) is 19.2. The van der Waals surface area contributed by atoms with E-state index in [1.54, 1.807) is 14.2 Å². The first kappa shape index (κ1) is 41.2. The van der Waals surface area contributed by atoms with Crippen molar-refractivity contribution >= 4 is 6.09 Å². The number of nitrogens with zero attached hydrogens (tertiary/aromatic N) is 2. The van der Waals surface area contributed by atoms with Crippen molar-refractivity contribution in [1.29, 1.82) is 0 Å². The topological polar surface area (TPSA) is 81.7 Å². The Balaban J connectivity index is 0.970. The maximum atomic E-state index is 13.0. The van der Waals surface area contributed by atoms with Crippen molar-refractivity contribution in [1.82, 2.24) is 15.1 Å². The van der Waals surface area contributed by atoms with Gasteiger partial charge in [0.1, 0.15) is 18.0 Å². The molecule has 5 rings (SSSR count). The molecule has 2 aliphatic rings. The molecule has 9 nitrogen and oxygen atoms in total. The average molecular weight is 756 g/mol. The van der Waals surface area contributed by atoms with Crippen molar-refractivity contribution in [2.45, 2.75) is 88.3 Å². The maximum Gasteiger partial charge on any atom is 0.416 e. The molecule has 4 atom stereocenters. The lowest BCUT2D eigenvalue weighted by Gasteiger charge is -2.37. The van der Waals surface area contributed by atoms with Crippen molar-refractivity contribution in [3.05, 3.63) is 89.5 Å². The summed E-state index contributed by atoms with van der Waals surface area (Å²) in [5.41, 5.74) is 1.41. The van der Waals surface area contributed by atoms with Crippen molar-refractivity contribution in [3.63, 3.8) is 0 Å². The number of alkyl halides is 3. The fraction of sp³-hybridized carbons (Fsp3) is 0.548. The fourth-order valence-corrected chi connectivity index (χ4v) is 7.39. The Hall–Kier alpha value is -4.00. The molecule has 0 bridgehead atoms. The molecule has 1 aliphatic carbocycles. The smallest absolute Gasteiger partial charge is 0.416 e. The summed E-state index contributed by atoms with van der Waals surface area (Å²) in [5, 5.41) is 2.93. The van der Waals surface area contributed by atoms with Crippen LogP contribution in [0, 0.1) is 0 Å². The van der Waals surface area contributed by atoms with E-state index in [1.165, 1.54) is 18.6 Å². The Morgan fingerprint density at radius 1 is 0.926 bits per heavy atom. The number of rotatable bonds is 19. The summed E-state index contributed by atoms with van der Waals surface area (Å²) in [6.45, 7) is 4.35. The van der Waals surface area contributed by atoms with Gasteiger partial charge in [-0.3, -0.25) is 4.90 Å². The van der Waals surface area contributed by atoms with Gasteiger partial charge in [0.2, 0.25) is 0 Å². The first-order valence-corrected chi connectivity index (χ1v) is 19.2. The molecule has 0 radical (unpaired) electrons. The summed E-state index contributed by atoms with van der Waals surface area (Å²) in [6, 6.07) is 20.9. The van der Waals surface area contributed by atoms with Gasteiger partial charge in [-0.15, -0.1) is 0 Å². The van der Waals surface area contributed by atoms with Crippen molar-refractivity contribution in [2.24, 2.45) is 0 Å². The standard InChI is InChI=1S/C42H56F3N3O6/c1-47(26-22-37(32-11-5-4-6-12-32)53-34-18-16-33(17-19-34)42(43,44)45)25-10-9-24-46-41(49)54-35-21-27-48(30-35)36-13-7-8-14-38(36)52-28-23-31-15-20-39(50-2)40(29-31)51-3/h4-6,11-12,15-20,29,35-38H,7-10,13-14,21-28,30H2,1-3H3,(H,46,49)/t35-,36-,37-,38-/m1/s1. The summed E-state index contributed by atoms with van der Waals surface area (Å²) in [5.74, 6) is 1.84. The molecule has 1 amide bonds. The highest BCUT2D eigenvalue weighted by atomic mass is 19.4. The first-order chi connectivity index (χ1) is 26.1. The van der Waals surface area contributed by atoms with Crippen molar-refractivity contribution in [3.8, 4) is 17.2 Å². The van der Waals surface area contributed by atoms with E-state index < -0.39 is 11.7 Å². The second kappa shape index (κ2) is 20.6. The van der Waals surface area contributed by atoms with Gasteiger partial charge in [-0.1, -0.05) is 49.2 Å². The van der Waals surface area contributed by atoms with Gasteiger partial charge in [0.05, 0.1) is 32.5 Å². The molecule has 0 unspecified atom stereocenters. The molecular formula is C42H56F3N3O6. The van der Waals surface area contributed by atoms with Crippen LogP contribution in [-0.4, -0.2) is 94.7 Å². The minimum absolute atomic E-state index is 0.132. The third kappa shape index (κ3) is 12.5. The number of carbonyl (C=O) groups is 1. The highest BCUT2D eigenvalue weighted by molar-refractivity contribution is 5.67. The van der Waals surface area contributed by atoms with E-state index in [4.69, 9.17) is 23.7 Å². The molecule has 12 heteroatoms. The largest absolute Gasteiger partial charge is 0.493 e. The number of benzene rings is 3. The average Bonchev–Trinajstić information content (AvgIpc) is 3.64. The molecule has 1 N–H and O–H groups in total. The number of alkyl carbamates (subject to hydrolysis) is 1. The van der Waals surface area contributed by atoms with Crippen LogP contribution in [0.1, 0.15) is 74.2 Å². The summed E-state index contributed by atoms with van der Waals surface area (Å²) in [6.07, 6.45) is 3.43. The lowest BCUT2D eigenvalue weighted by Crippen LogP contribution is -2.46. The number of nitrogens with one attached hydrogen (secondary N) is 1. The van der Waals surface area contributed by atoms with Gasteiger partial charge in [0.15, 0.2) is 11.5 Å². The number of halogens is 3. The van der Waals surface area contributed by atoms with Crippen LogP contribution in [0.5, 0.6) is 17.2 Å². The molecule has 1 saturated heterocycles. The lowest BCUT2D eigenvalue weighted by molar-refractivity contribution is -0.137. The van der Waals surface area contributed by atoms with Crippen LogP contribution in [0.2, 0.25) is 0 Å². The molecule has 296 valence electrons. The van der Waals surface area contributed by atoms with Crippen LogP contribution < -0.4 is 19.5 Å². The molecule has 0 aromatic heterocycles. The third-order valence-corrected chi connectivity index (χ3v) is 10.4. The van der Waals surface area contributed by atoms with Crippen LogP contribution in [0.3, 0.4) is 0 Å². The van der Waals surface area contributed by atoms with Gasteiger partial charge in [0.25, 0.3) is 0 Å². The SMILES string of the molecule is COc1ccc(CCO[C@@H]2CCCC[C@H]2N2CC[C@@H](OC(=O)NCCCCN(C)CC[C@@H](Oc3ccc(C(F)(F)F)cc3)c3ccccc3)C2)cc1OC. The molecule has 2 fully saturated rings. The predicted molar refractivity (Wildman–Crippen MR) is 202 cm³/mol. The monoisotopic (exact) mass is 755 g/mol. The predicted octanol–water partition coefficient (Wildman–Crippen LogP) is 8.32. The third-order valence-electron chi connectivity index (χ3n) is 10.4. The molecule has 0 spiro atoms. The van der Waals surface area contributed by atoms with E-state index in [2.05, 4.69) is 15.1 Å². The Kier molecular flexibility index (Phi) is 15.7. The number of carbonyl (C=O) groups excluding carboxylic acids is 1. The zero-order valence-electron chi connectivity index (χ0n) is 31.8. The highest BCUT2D eigenvalue weighted by Crippen LogP contribution is 2.33. The second-order valence-corrected chi connectivity index (χ2v) is 14.3. The molecule has 1 saturated carbocycles. The highest BCUT2D eigenvalue weighted by Gasteiger charge is 2.36. The number of hydrogen-bond acceptors (Lipinski definition) is 8. The minimum atomic E-state index is -4.39. The zero-order chi connectivity index (χ0) is 38.3. The molecule has 3 aromatic rings. The summed E-state index contributed by atoms with van der Waals surface area (Å²) in [4.78, 5) is 17.3. The fourth-order valence-electron chi connectivity index (χ4n) is 7.39. The number of amides is 1. The number of hydrogen-bond donors (Lipinski definition) is 1. The summed E-state index contributed by atoms with van der Waals surface area (Å²) in [7, 11) is 5.32. The van der Waals surface area contributed by atoms with E-state index in [9.17, 15) is 18.0 Å². The minimum Gasteiger partial charge on any atom is -0.493 e. The van der Waals surface area contributed by atoms with Crippen LogP contribution in [0.15, 0.2) is 72.8 Å². The van der Waals surface area contributed by atoms with Crippen molar-refractivity contribution in [2.75, 3.05) is 60.6 Å². The summed E-state index contributed by atoms with van der Waals surface area (Å²) >= 11 is 0. The number of ether oxygens (including phenoxy) is 5. The van der Waals surface area contributed by atoms with Gasteiger partial charge < -0.3 is 33.9 Å². The number of likely N-dealkylation sites (tertiary alicyclic amines) is 1. The van der Waals surface area contributed by atoms with Gasteiger partial charge in [-0.25, -0.2) is 4.79 Å². The lowest BCUT2D eigenvalue weighted by atomic mass is 9.91. The Morgan fingerprint density at radius 2 is 1.69 bits per heavy atom. The molecule has 3 aromatic carbocycles. The van der Waals surface area contributed by atoms with Crippen LogP contribution >= 0.6 is 0 Å². The Morgan fingerprint density at radius 3 is 2.43 bits per heavy atom. The summed E-state index contributed by atoms with van der Waals surface area (Å²) < 4.78 is 68.3. The van der Waals surface area contributed by atoms with E-state index in [1.807, 2.05) is 55.6 Å². The molecule has 1 heterocycles. The number of unbranched alkanes of at least 4 members (excludes halogenated alkanes) is 1. The van der Waals surface area contributed by atoms with Crippen LogP contribution in [0.25, 0.3) is 0 Å². The number of methoxy groups -OCH3 is 2. The van der Waals surface area contributed by atoms with Gasteiger partial charge in [-0.05, 0) is 99.6 Å². The van der Waals surface area contributed by atoms with Crippen LogP contribution in [0.4, 0.5) is 18.0 Å². The van der Waals surface area contributed by atoms with Crippen LogP contribution in [-0.2, 0) is 22.1 Å². The molecule has 1 aliphatic heterocycles. The Labute approximate surface area is 318 Å². The van der Waals surface area contributed by atoms with E-state index in [0.29, 0.717) is 31.4 Å². The Bertz CT molecular complexity index is 1560. The van der Waals surface area contributed by atoms with Gasteiger partial charge >= 0.3 is 12.3 Å². The zero-order valence-corrected chi connectivity index (χ0v) is 31.8. The van der Waals surface area contributed by atoms with Gasteiger partial charge in [0, 0.05) is 38.6 Å². The van der Waals surface area contributed by atoms with Gasteiger partial charge in [-0.2, -0.15) is 13.2 Å². The normalized spacial score (nSPS) is 19.7.